The number of hydrogen-bond donors (Lipinski definition) is 3. The van der Waals surface area contributed by atoms with Gasteiger partial charge in [-0.25, -0.2) is 18.1 Å². The van der Waals surface area contributed by atoms with Crippen LogP contribution in [0, 0.1) is 0 Å². The third-order valence-corrected chi connectivity index (χ3v) is 3.55. The maximum Gasteiger partial charge on any atom is 0.211 e. The van der Waals surface area contributed by atoms with Crippen molar-refractivity contribution in [3.8, 4) is 0 Å². The molecule has 0 atom stereocenters. The van der Waals surface area contributed by atoms with Crippen LogP contribution in [0.5, 0.6) is 0 Å². The summed E-state index contributed by atoms with van der Waals surface area (Å²) in [5, 5.41) is 0. The van der Waals surface area contributed by atoms with Crippen LogP contribution in [-0.2, 0) is 16.4 Å². The lowest BCUT2D eigenvalue weighted by atomic mass is 10.3. The minimum atomic E-state index is -3.15. The van der Waals surface area contributed by atoms with Crippen molar-refractivity contribution in [2.45, 2.75) is 19.3 Å². The molecular formula is C9H18N4O2S. The van der Waals surface area contributed by atoms with E-state index in [1.807, 2.05) is 0 Å². The van der Waals surface area contributed by atoms with Crippen molar-refractivity contribution in [3.63, 3.8) is 0 Å². The largest absolute Gasteiger partial charge is 0.349 e. The van der Waals surface area contributed by atoms with Crippen LogP contribution in [0.15, 0.2) is 12.4 Å². The molecule has 0 aliphatic rings. The lowest BCUT2D eigenvalue weighted by molar-refractivity contribution is 0.576. The van der Waals surface area contributed by atoms with Gasteiger partial charge in [-0.3, -0.25) is 0 Å². The summed E-state index contributed by atoms with van der Waals surface area (Å²) in [6.07, 6.45) is 5.40. The van der Waals surface area contributed by atoms with Gasteiger partial charge in [0.15, 0.2) is 0 Å². The summed E-state index contributed by atoms with van der Waals surface area (Å²) < 4.78 is 25.3. The summed E-state index contributed by atoms with van der Waals surface area (Å²) in [6, 6.07) is 0. The smallest absolute Gasteiger partial charge is 0.211 e. The van der Waals surface area contributed by atoms with Gasteiger partial charge in [0.25, 0.3) is 0 Å². The Morgan fingerprint density at radius 1 is 1.44 bits per heavy atom. The molecule has 92 valence electrons. The molecule has 0 aliphatic heterocycles. The van der Waals surface area contributed by atoms with E-state index in [0.29, 0.717) is 19.5 Å². The van der Waals surface area contributed by atoms with Gasteiger partial charge in [0.05, 0.1) is 5.75 Å². The third-order valence-electron chi connectivity index (χ3n) is 2.08. The summed E-state index contributed by atoms with van der Waals surface area (Å²) in [5.74, 6) is 0.978. The molecule has 0 amide bonds. The van der Waals surface area contributed by atoms with Crippen molar-refractivity contribution < 1.29 is 8.42 Å². The van der Waals surface area contributed by atoms with Gasteiger partial charge in [-0.15, -0.1) is 0 Å². The number of sulfonamides is 1. The second-order valence-electron chi connectivity index (χ2n) is 3.49. The number of rotatable bonds is 8. The van der Waals surface area contributed by atoms with Crippen LogP contribution in [0.1, 0.15) is 18.7 Å². The fraction of sp³-hybridized carbons (Fsp3) is 0.667. The second-order valence-corrected chi connectivity index (χ2v) is 5.42. The minimum Gasteiger partial charge on any atom is -0.349 e. The molecule has 0 aliphatic carbocycles. The third kappa shape index (κ3) is 5.24. The van der Waals surface area contributed by atoms with E-state index in [1.54, 1.807) is 12.4 Å². The molecule has 1 rings (SSSR count). The Hall–Kier alpha value is -0.920. The molecule has 0 unspecified atom stereocenters. The summed E-state index contributed by atoms with van der Waals surface area (Å²) in [4.78, 5) is 7.01. The first-order valence-electron chi connectivity index (χ1n) is 5.30. The number of aromatic nitrogens is 2. The number of nitrogens with two attached hydrogens (primary N) is 1. The molecule has 16 heavy (non-hydrogen) atoms. The van der Waals surface area contributed by atoms with E-state index in [1.165, 1.54) is 0 Å². The zero-order valence-corrected chi connectivity index (χ0v) is 9.96. The highest BCUT2D eigenvalue weighted by atomic mass is 32.2. The van der Waals surface area contributed by atoms with Crippen molar-refractivity contribution in [3.05, 3.63) is 18.2 Å². The number of nitrogens with one attached hydrogen (secondary N) is 2. The first-order chi connectivity index (χ1) is 7.64. The van der Waals surface area contributed by atoms with Gasteiger partial charge >= 0.3 is 0 Å². The van der Waals surface area contributed by atoms with Crippen LogP contribution in [0.25, 0.3) is 0 Å². The summed E-state index contributed by atoms with van der Waals surface area (Å²) in [7, 11) is -3.15. The maximum atomic E-state index is 11.4. The van der Waals surface area contributed by atoms with E-state index < -0.39 is 10.0 Å². The molecule has 4 N–H and O–H groups in total. The Balaban J connectivity index is 2.15. The van der Waals surface area contributed by atoms with Gasteiger partial charge in [-0.2, -0.15) is 0 Å². The fourth-order valence-electron chi connectivity index (χ4n) is 1.26. The lowest BCUT2D eigenvalue weighted by Gasteiger charge is -2.04. The van der Waals surface area contributed by atoms with E-state index >= 15 is 0 Å². The number of nitrogens with zero attached hydrogens (tertiary/aromatic N) is 1. The average molecular weight is 246 g/mol. The molecule has 7 heteroatoms. The Bertz CT molecular complexity index is 374. The quantitative estimate of drug-likeness (QED) is 0.544. The maximum absolute atomic E-state index is 11.4. The SMILES string of the molecule is NCCCS(=O)(=O)NCCCc1ncc[nH]1. The fourth-order valence-corrected chi connectivity index (χ4v) is 2.41. The van der Waals surface area contributed by atoms with Crippen LogP contribution in [-0.4, -0.2) is 37.2 Å². The topological polar surface area (TPSA) is 101 Å². The first kappa shape index (κ1) is 13.1. The Kier molecular flexibility index (Phi) is 5.44. The molecule has 0 saturated carbocycles. The molecule has 6 nitrogen and oxygen atoms in total. The summed E-state index contributed by atoms with van der Waals surface area (Å²) in [6.45, 7) is 0.834. The lowest BCUT2D eigenvalue weighted by Crippen LogP contribution is -2.28. The predicted octanol–water partition coefficient (Wildman–Crippen LogP) is -0.389. The predicted molar refractivity (Wildman–Crippen MR) is 62.4 cm³/mol. The number of H-pyrrole nitrogens is 1. The van der Waals surface area contributed by atoms with Crippen molar-refractivity contribution in [2.24, 2.45) is 5.73 Å². The Labute approximate surface area is 95.7 Å². The van der Waals surface area contributed by atoms with E-state index in [4.69, 9.17) is 5.73 Å². The molecule has 0 radical (unpaired) electrons. The van der Waals surface area contributed by atoms with Gasteiger partial charge in [0.1, 0.15) is 5.82 Å². The van der Waals surface area contributed by atoms with E-state index in [0.717, 1.165) is 18.7 Å². The van der Waals surface area contributed by atoms with Gasteiger partial charge < -0.3 is 10.7 Å². The van der Waals surface area contributed by atoms with Crippen LogP contribution in [0.2, 0.25) is 0 Å². The molecule has 1 aromatic heterocycles. The summed E-state index contributed by atoms with van der Waals surface area (Å²) >= 11 is 0. The van der Waals surface area contributed by atoms with Crippen LogP contribution in [0.4, 0.5) is 0 Å². The molecule has 0 spiro atoms. The highest BCUT2D eigenvalue weighted by Gasteiger charge is 2.07. The molecule has 0 fully saturated rings. The van der Waals surface area contributed by atoms with E-state index in [2.05, 4.69) is 14.7 Å². The van der Waals surface area contributed by atoms with Gasteiger partial charge in [0, 0.05) is 25.4 Å². The van der Waals surface area contributed by atoms with Crippen LogP contribution in [0.3, 0.4) is 0 Å². The number of imidazole rings is 1. The molecule has 0 bridgehead atoms. The van der Waals surface area contributed by atoms with Crippen molar-refractivity contribution in [1.29, 1.82) is 0 Å². The van der Waals surface area contributed by atoms with Crippen molar-refractivity contribution in [1.82, 2.24) is 14.7 Å². The molecule has 1 heterocycles. The zero-order chi connectivity index (χ0) is 11.9. The number of hydrogen-bond acceptors (Lipinski definition) is 4. The Morgan fingerprint density at radius 2 is 2.25 bits per heavy atom. The highest BCUT2D eigenvalue weighted by molar-refractivity contribution is 7.89. The molecule has 1 aromatic rings. The monoisotopic (exact) mass is 246 g/mol. The first-order valence-corrected chi connectivity index (χ1v) is 6.95. The van der Waals surface area contributed by atoms with Crippen LogP contribution >= 0.6 is 0 Å². The second kappa shape index (κ2) is 6.62. The normalized spacial score (nSPS) is 11.8. The molecule has 0 saturated heterocycles. The average Bonchev–Trinajstić information content (AvgIpc) is 2.75. The van der Waals surface area contributed by atoms with Gasteiger partial charge in [-0.1, -0.05) is 0 Å². The van der Waals surface area contributed by atoms with Crippen LogP contribution < -0.4 is 10.5 Å². The zero-order valence-electron chi connectivity index (χ0n) is 9.15. The van der Waals surface area contributed by atoms with Gasteiger partial charge in [0.2, 0.25) is 10.0 Å². The number of aryl methyl sites for hydroxylation is 1. The van der Waals surface area contributed by atoms with E-state index in [9.17, 15) is 8.42 Å². The minimum absolute atomic E-state index is 0.101. The number of aromatic amines is 1. The van der Waals surface area contributed by atoms with Crippen molar-refractivity contribution >= 4 is 10.0 Å². The molecular weight excluding hydrogens is 228 g/mol. The van der Waals surface area contributed by atoms with Gasteiger partial charge in [-0.05, 0) is 19.4 Å². The highest BCUT2D eigenvalue weighted by Crippen LogP contribution is 1.95. The van der Waals surface area contributed by atoms with Crippen molar-refractivity contribution in [2.75, 3.05) is 18.8 Å². The molecule has 0 aromatic carbocycles. The van der Waals surface area contributed by atoms with E-state index in [-0.39, 0.29) is 5.75 Å². The summed E-state index contributed by atoms with van der Waals surface area (Å²) in [5.41, 5.74) is 5.25. The Morgan fingerprint density at radius 3 is 2.88 bits per heavy atom. The standard InChI is InChI=1S/C9H18N4O2S/c10-4-2-8-16(14,15)13-5-1-3-9-11-6-7-12-9/h6-7,13H,1-5,8,10H2,(H,11,12).